The number of hydrogen-bond donors (Lipinski definition) is 2. The fraction of sp³-hybridized carbons (Fsp3) is 0.235. The van der Waals surface area contributed by atoms with E-state index in [2.05, 4.69) is 27.3 Å². The topological polar surface area (TPSA) is 80.3 Å². The highest BCUT2D eigenvalue weighted by atomic mass is 35.5. The summed E-state index contributed by atoms with van der Waals surface area (Å²) in [7, 11) is 1.29. The molecule has 0 atom stereocenters. The number of amides is 1. The van der Waals surface area contributed by atoms with Gasteiger partial charge in [0.15, 0.2) is 0 Å². The lowest BCUT2D eigenvalue weighted by Crippen LogP contribution is -2.14. The van der Waals surface area contributed by atoms with Gasteiger partial charge in [0.2, 0.25) is 0 Å². The minimum absolute atomic E-state index is 0.300. The Morgan fingerprint density at radius 1 is 1.21 bits per heavy atom. The normalized spacial score (nSPS) is 10.1. The second-order valence-corrected chi connectivity index (χ2v) is 5.41. The number of carbonyl (C=O) groups excluding carboxylic acids is 2. The summed E-state index contributed by atoms with van der Waals surface area (Å²) in [4.78, 5) is 28.0. The average Bonchev–Trinajstić information content (AvgIpc) is 2.61. The third-order valence-corrected chi connectivity index (χ3v) is 3.55. The van der Waals surface area contributed by atoms with E-state index in [0.29, 0.717) is 27.7 Å². The number of rotatable bonds is 6. The molecule has 6 nitrogen and oxygen atoms in total. The Hall–Kier alpha value is -2.60. The largest absolute Gasteiger partial charge is 0.465 e. The number of anilines is 2. The molecule has 1 aromatic carbocycles. The van der Waals surface area contributed by atoms with Crippen molar-refractivity contribution >= 4 is 35.0 Å². The van der Waals surface area contributed by atoms with Gasteiger partial charge >= 0.3 is 5.97 Å². The standard InChI is InChI=1S/C17H18ClN3O3/c1-3-8-19-15-7-5-12(10-20-15)16(22)21-14-9-11(17(23)24-2)4-6-13(14)18/h4-7,9-10H,3,8H2,1-2H3,(H,19,20)(H,21,22). The van der Waals surface area contributed by atoms with Crippen LogP contribution in [-0.4, -0.2) is 30.5 Å². The van der Waals surface area contributed by atoms with Crippen LogP contribution in [0.4, 0.5) is 11.5 Å². The van der Waals surface area contributed by atoms with E-state index in [0.717, 1.165) is 13.0 Å². The second-order valence-electron chi connectivity index (χ2n) is 5.00. The summed E-state index contributed by atoms with van der Waals surface area (Å²) in [5.74, 6) is -0.164. The fourth-order valence-electron chi connectivity index (χ4n) is 1.95. The van der Waals surface area contributed by atoms with E-state index in [1.807, 2.05) is 0 Å². The molecule has 2 N–H and O–H groups in total. The van der Waals surface area contributed by atoms with E-state index in [4.69, 9.17) is 11.6 Å². The quantitative estimate of drug-likeness (QED) is 0.780. The number of ether oxygens (including phenoxy) is 1. The molecule has 0 fully saturated rings. The number of benzene rings is 1. The molecule has 0 bridgehead atoms. The van der Waals surface area contributed by atoms with Crippen LogP contribution in [-0.2, 0) is 4.74 Å². The molecule has 1 aromatic heterocycles. The minimum atomic E-state index is -0.504. The Balaban J connectivity index is 2.13. The molecule has 0 radical (unpaired) electrons. The van der Waals surface area contributed by atoms with Crippen molar-refractivity contribution in [3.05, 3.63) is 52.7 Å². The highest BCUT2D eigenvalue weighted by molar-refractivity contribution is 6.34. The summed E-state index contributed by atoms with van der Waals surface area (Å²) in [6, 6.07) is 7.92. The van der Waals surface area contributed by atoms with Crippen LogP contribution in [0.1, 0.15) is 34.1 Å². The molecule has 2 aromatic rings. The molecule has 0 saturated carbocycles. The van der Waals surface area contributed by atoms with Gasteiger partial charge in [-0.2, -0.15) is 0 Å². The van der Waals surface area contributed by atoms with Crippen LogP contribution >= 0.6 is 11.6 Å². The first-order chi connectivity index (χ1) is 11.5. The van der Waals surface area contributed by atoms with Crippen LogP contribution in [0.5, 0.6) is 0 Å². The highest BCUT2D eigenvalue weighted by Crippen LogP contribution is 2.24. The maximum Gasteiger partial charge on any atom is 0.337 e. The molecule has 7 heteroatoms. The molecule has 126 valence electrons. The average molecular weight is 348 g/mol. The zero-order valence-corrected chi connectivity index (χ0v) is 14.2. The van der Waals surface area contributed by atoms with E-state index < -0.39 is 5.97 Å². The van der Waals surface area contributed by atoms with Crippen molar-refractivity contribution in [3.63, 3.8) is 0 Å². The lowest BCUT2D eigenvalue weighted by Gasteiger charge is -2.09. The van der Waals surface area contributed by atoms with E-state index in [1.165, 1.54) is 31.5 Å². The molecular formula is C17H18ClN3O3. The van der Waals surface area contributed by atoms with Gasteiger partial charge in [0, 0.05) is 12.7 Å². The Morgan fingerprint density at radius 2 is 1.96 bits per heavy atom. The van der Waals surface area contributed by atoms with Gasteiger partial charge in [-0.1, -0.05) is 18.5 Å². The molecule has 1 heterocycles. The molecule has 2 rings (SSSR count). The number of nitrogens with zero attached hydrogens (tertiary/aromatic N) is 1. The number of esters is 1. The monoisotopic (exact) mass is 347 g/mol. The first kappa shape index (κ1) is 17.7. The first-order valence-corrected chi connectivity index (χ1v) is 7.82. The van der Waals surface area contributed by atoms with E-state index in [-0.39, 0.29) is 5.91 Å². The van der Waals surface area contributed by atoms with Gasteiger partial charge in [0.25, 0.3) is 5.91 Å². The van der Waals surface area contributed by atoms with Crippen molar-refractivity contribution in [2.75, 3.05) is 24.3 Å². The Kier molecular flexibility index (Phi) is 6.14. The number of halogens is 1. The lowest BCUT2D eigenvalue weighted by atomic mass is 10.2. The molecular weight excluding hydrogens is 330 g/mol. The Labute approximate surface area is 145 Å². The van der Waals surface area contributed by atoms with E-state index in [1.54, 1.807) is 12.1 Å². The van der Waals surface area contributed by atoms with E-state index in [9.17, 15) is 9.59 Å². The Bertz CT molecular complexity index is 732. The van der Waals surface area contributed by atoms with Gasteiger partial charge in [0.05, 0.1) is 28.9 Å². The molecule has 24 heavy (non-hydrogen) atoms. The van der Waals surface area contributed by atoms with Crippen molar-refractivity contribution in [1.29, 1.82) is 0 Å². The number of methoxy groups -OCH3 is 1. The molecule has 0 unspecified atom stereocenters. The predicted octanol–water partition coefficient (Wildman–Crippen LogP) is 3.60. The number of pyridine rings is 1. The third kappa shape index (κ3) is 4.45. The first-order valence-electron chi connectivity index (χ1n) is 7.44. The van der Waals surface area contributed by atoms with Crippen LogP contribution in [0.3, 0.4) is 0 Å². The maximum atomic E-state index is 12.3. The SMILES string of the molecule is CCCNc1ccc(C(=O)Nc2cc(C(=O)OC)ccc2Cl)cn1. The number of nitrogens with one attached hydrogen (secondary N) is 2. The van der Waals surface area contributed by atoms with Crippen LogP contribution < -0.4 is 10.6 Å². The summed E-state index contributed by atoms with van der Waals surface area (Å²) >= 11 is 6.07. The smallest absolute Gasteiger partial charge is 0.337 e. The fourth-order valence-corrected chi connectivity index (χ4v) is 2.11. The number of aromatic nitrogens is 1. The number of carbonyl (C=O) groups is 2. The van der Waals surface area contributed by atoms with Crippen molar-refractivity contribution in [2.45, 2.75) is 13.3 Å². The van der Waals surface area contributed by atoms with Crippen LogP contribution in [0.25, 0.3) is 0 Å². The van der Waals surface area contributed by atoms with Gasteiger partial charge in [-0.05, 0) is 36.8 Å². The predicted molar refractivity (Wildman–Crippen MR) is 93.8 cm³/mol. The Morgan fingerprint density at radius 3 is 2.58 bits per heavy atom. The third-order valence-electron chi connectivity index (χ3n) is 3.22. The van der Waals surface area contributed by atoms with Gasteiger partial charge in [-0.15, -0.1) is 0 Å². The zero-order chi connectivity index (χ0) is 17.5. The summed E-state index contributed by atoms with van der Waals surface area (Å²) in [5, 5.41) is 6.12. The summed E-state index contributed by atoms with van der Waals surface area (Å²) in [5.41, 5.74) is 1.02. The molecule has 0 aliphatic heterocycles. The molecule has 0 aliphatic rings. The van der Waals surface area contributed by atoms with Crippen LogP contribution in [0.2, 0.25) is 5.02 Å². The van der Waals surface area contributed by atoms with Gasteiger partial charge in [-0.3, -0.25) is 4.79 Å². The maximum absolute atomic E-state index is 12.3. The molecule has 0 spiro atoms. The second kappa shape index (κ2) is 8.31. The zero-order valence-electron chi connectivity index (χ0n) is 13.4. The minimum Gasteiger partial charge on any atom is -0.465 e. The highest BCUT2D eigenvalue weighted by Gasteiger charge is 2.12. The summed E-state index contributed by atoms with van der Waals surface area (Å²) < 4.78 is 4.65. The van der Waals surface area contributed by atoms with Crippen molar-refractivity contribution in [3.8, 4) is 0 Å². The van der Waals surface area contributed by atoms with Crippen LogP contribution in [0.15, 0.2) is 36.5 Å². The van der Waals surface area contributed by atoms with Crippen molar-refractivity contribution in [2.24, 2.45) is 0 Å². The van der Waals surface area contributed by atoms with Gasteiger partial charge in [-0.25, -0.2) is 9.78 Å². The van der Waals surface area contributed by atoms with Crippen molar-refractivity contribution in [1.82, 2.24) is 4.98 Å². The molecule has 0 aliphatic carbocycles. The summed E-state index contributed by atoms with van der Waals surface area (Å²) in [6.07, 6.45) is 2.46. The molecule has 1 amide bonds. The van der Waals surface area contributed by atoms with E-state index >= 15 is 0 Å². The van der Waals surface area contributed by atoms with Crippen molar-refractivity contribution < 1.29 is 14.3 Å². The lowest BCUT2D eigenvalue weighted by molar-refractivity contribution is 0.0600. The number of hydrogen-bond acceptors (Lipinski definition) is 5. The van der Waals surface area contributed by atoms with Crippen LogP contribution in [0, 0.1) is 0 Å². The van der Waals surface area contributed by atoms with Gasteiger partial charge < -0.3 is 15.4 Å². The van der Waals surface area contributed by atoms with Gasteiger partial charge in [0.1, 0.15) is 5.82 Å². The molecule has 0 saturated heterocycles. The summed E-state index contributed by atoms with van der Waals surface area (Å²) in [6.45, 7) is 2.87.